The third-order valence-electron chi connectivity index (χ3n) is 2.39. The van der Waals surface area contributed by atoms with Gasteiger partial charge in [-0.25, -0.2) is 0 Å². The molecule has 3 nitrogen and oxygen atoms in total. The molecule has 0 fully saturated rings. The van der Waals surface area contributed by atoms with Crippen molar-refractivity contribution in [2.24, 2.45) is 5.92 Å². The highest BCUT2D eigenvalue weighted by molar-refractivity contribution is 5.68. The van der Waals surface area contributed by atoms with Crippen LogP contribution in [0.15, 0.2) is 24.5 Å². The molecular weight excluding hydrogens is 250 g/mol. The number of nitrogens with zero attached hydrogens (tertiary/aromatic N) is 1. The van der Waals surface area contributed by atoms with Crippen molar-refractivity contribution in [1.82, 2.24) is 0 Å². The molecule has 0 aromatic carbocycles. The summed E-state index contributed by atoms with van der Waals surface area (Å²) in [7, 11) is 0. The second-order valence-corrected chi connectivity index (χ2v) is 4.72. The van der Waals surface area contributed by atoms with Gasteiger partial charge in [-0.15, -0.1) is 0 Å². The standard InChI is InChI=1S/C14H22NO2.ClH/c1-4-6-14(16)17-11-15-8-5-7-13(10-15)9-12(2)3;/h5,7-8,10,12H,4,6,9,11H2,1-3H3;1H/q+1;/p-1. The maximum Gasteiger partial charge on any atom is 0.310 e. The molecule has 0 amide bonds. The van der Waals surface area contributed by atoms with E-state index in [1.807, 2.05) is 30.0 Å². The average molecular weight is 272 g/mol. The smallest absolute Gasteiger partial charge is 0.310 e. The second-order valence-electron chi connectivity index (χ2n) is 4.72. The summed E-state index contributed by atoms with van der Waals surface area (Å²) in [5, 5.41) is 0. The molecule has 0 saturated heterocycles. The van der Waals surface area contributed by atoms with Crippen molar-refractivity contribution in [3.05, 3.63) is 30.1 Å². The molecule has 102 valence electrons. The van der Waals surface area contributed by atoms with Gasteiger partial charge in [0.2, 0.25) is 0 Å². The van der Waals surface area contributed by atoms with Gasteiger partial charge < -0.3 is 17.1 Å². The molecule has 0 aliphatic heterocycles. The van der Waals surface area contributed by atoms with Crippen LogP contribution in [-0.2, 0) is 22.7 Å². The third kappa shape index (κ3) is 6.60. The largest absolute Gasteiger partial charge is 1.00 e. The Morgan fingerprint density at radius 1 is 1.44 bits per heavy atom. The van der Waals surface area contributed by atoms with Gasteiger partial charge in [-0.3, -0.25) is 4.79 Å². The van der Waals surface area contributed by atoms with Crippen LogP contribution in [0.25, 0.3) is 0 Å². The van der Waals surface area contributed by atoms with Crippen molar-refractivity contribution in [3.8, 4) is 0 Å². The van der Waals surface area contributed by atoms with Crippen molar-refractivity contribution >= 4 is 5.97 Å². The Bertz CT molecular complexity index is 367. The normalized spacial score (nSPS) is 10.0. The van der Waals surface area contributed by atoms with Gasteiger partial charge in [0.1, 0.15) is 0 Å². The zero-order chi connectivity index (χ0) is 12.7. The van der Waals surface area contributed by atoms with Gasteiger partial charge in [-0.1, -0.05) is 20.8 Å². The Labute approximate surface area is 116 Å². The molecule has 1 aromatic rings. The highest BCUT2D eigenvalue weighted by atomic mass is 35.5. The lowest BCUT2D eigenvalue weighted by molar-refractivity contribution is -0.728. The van der Waals surface area contributed by atoms with Crippen LogP contribution >= 0.6 is 0 Å². The molecule has 1 rings (SSSR count). The number of hydrogen-bond acceptors (Lipinski definition) is 2. The van der Waals surface area contributed by atoms with E-state index in [2.05, 4.69) is 19.9 Å². The number of carbonyl (C=O) groups excluding carboxylic acids is 1. The van der Waals surface area contributed by atoms with Gasteiger partial charge >= 0.3 is 5.97 Å². The minimum Gasteiger partial charge on any atom is -1.00 e. The third-order valence-corrected chi connectivity index (χ3v) is 2.39. The van der Waals surface area contributed by atoms with Crippen molar-refractivity contribution in [2.45, 2.75) is 46.8 Å². The van der Waals surface area contributed by atoms with E-state index in [4.69, 9.17) is 4.74 Å². The predicted molar refractivity (Wildman–Crippen MR) is 66.2 cm³/mol. The first kappa shape index (κ1) is 16.9. The van der Waals surface area contributed by atoms with E-state index in [0.717, 1.165) is 12.8 Å². The number of rotatable bonds is 6. The van der Waals surface area contributed by atoms with E-state index in [1.54, 1.807) is 0 Å². The zero-order valence-electron chi connectivity index (χ0n) is 11.4. The van der Waals surface area contributed by atoms with Gasteiger partial charge in [0, 0.05) is 18.1 Å². The van der Waals surface area contributed by atoms with E-state index < -0.39 is 0 Å². The highest BCUT2D eigenvalue weighted by Gasteiger charge is 2.07. The Kier molecular flexibility index (Phi) is 8.38. The summed E-state index contributed by atoms with van der Waals surface area (Å²) < 4.78 is 7.06. The number of halogens is 1. The summed E-state index contributed by atoms with van der Waals surface area (Å²) in [4.78, 5) is 11.2. The Balaban J connectivity index is 0.00000289. The molecule has 1 aromatic heterocycles. The average Bonchev–Trinajstić information content (AvgIpc) is 2.26. The minimum atomic E-state index is -0.130. The Morgan fingerprint density at radius 2 is 2.17 bits per heavy atom. The van der Waals surface area contributed by atoms with E-state index in [9.17, 15) is 4.79 Å². The molecular formula is C14H22ClNO2. The minimum absolute atomic E-state index is 0. The SMILES string of the molecule is CCCC(=O)OC[n+]1cccc(CC(C)C)c1.[Cl-]. The first-order valence-corrected chi connectivity index (χ1v) is 6.25. The van der Waals surface area contributed by atoms with E-state index >= 15 is 0 Å². The fourth-order valence-electron chi connectivity index (χ4n) is 1.67. The molecule has 0 saturated carbocycles. The van der Waals surface area contributed by atoms with Crippen molar-refractivity contribution < 1.29 is 26.5 Å². The fourth-order valence-corrected chi connectivity index (χ4v) is 1.67. The number of esters is 1. The van der Waals surface area contributed by atoms with Gasteiger partial charge in [0.15, 0.2) is 12.4 Å². The summed E-state index contributed by atoms with van der Waals surface area (Å²) >= 11 is 0. The molecule has 0 spiro atoms. The monoisotopic (exact) mass is 271 g/mol. The van der Waals surface area contributed by atoms with Crippen molar-refractivity contribution in [2.75, 3.05) is 0 Å². The van der Waals surface area contributed by atoms with Crippen LogP contribution in [0.1, 0.15) is 39.2 Å². The lowest BCUT2D eigenvalue weighted by Gasteiger charge is -2.04. The Hall–Kier alpha value is -1.09. The van der Waals surface area contributed by atoms with Crippen molar-refractivity contribution in [1.29, 1.82) is 0 Å². The Morgan fingerprint density at radius 3 is 2.78 bits per heavy atom. The summed E-state index contributed by atoms with van der Waals surface area (Å²) in [6.45, 7) is 6.67. The molecule has 0 unspecified atom stereocenters. The summed E-state index contributed by atoms with van der Waals surface area (Å²) in [5.41, 5.74) is 1.27. The number of hydrogen-bond donors (Lipinski definition) is 0. The molecule has 0 N–H and O–H groups in total. The van der Waals surface area contributed by atoms with E-state index in [-0.39, 0.29) is 18.4 Å². The molecule has 0 bridgehead atoms. The quantitative estimate of drug-likeness (QED) is 0.515. The van der Waals surface area contributed by atoms with Crippen LogP contribution in [-0.4, -0.2) is 5.97 Å². The van der Waals surface area contributed by atoms with E-state index in [0.29, 0.717) is 19.1 Å². The van der Waals surface area contributed by atoms with Gasteiger partial charge in [0.25, 0.3) is 6.73 Å². The first-order valence-electron chi connectivity index (χ1n) is 6.25. The number of carbonyl (C=O) groups is 1. The van der Waals surface area contributed by atoms with Gasteiger partial charge in [0.05, 0.1) is 0 Å². The number of pyridine rings is 1. The maximum absolute atomic E-state index is 11.2. The van der Waals surface area contributed by atoms with Crippen LogP contribution in [0, 0.1) is 5.92 Å². The maximum atomic E-state index is 11.2. The summed E-state index contributed by atoms with van der Waals surface area (Å²) in [6, 6.07) is 4.09. The van der Waals surface area contributed by atoms with Crippen LogP contribution in [0.2, 0.25) is 0 Å². The van der Waals surface area contributed by atoms with Gasteiger partial charge in [-0.05, 0) is 24.8 Å². The summed E-state index contributed by atoms with van der Waals surface area (Å²) in [6.07, 6.45) is 6.33. The van der Waals surface area contributed by atoms with Crippen LogP contribution in [0.3, 0.4) is 0 Å². The predicted octanol–water partition coefficient (Wildman–Crippen LogP) is -0.523. The van der Waals surface area contributed by atoms with Crippen molar-refractivity contribution in [3.63, 3.8) is 0 Å². The molecule has 0 aliphatic rings. The number of ether oxygens (including phenoxy) is 1. The summed E-state index contributed by atoms with van der Waals surface area (Å²) in [5.74, 6) is 0.503. The second kappa shape index (κ2) is 8.92. The molecule has 1 heterocycles. The van der Waals surface area contributed by atoms with Crippen LogP contribution in [0.5, 0.6) is 0 Å². The molecule has 0 aliphatic carbocycles. The van der Waals surface area contributed by atoms with Gasteiger partial charge in [-0.2, -0.15) is 4.57 Å². The highest BCUT2D eigenvalue weighted by Crippen LogP contribution is 2.04. The lowest BCUT2D eigenvalue weighted by Crippen LogP contribution is -3.00. The topological polar surface area (TPSA) is 30.2 Å². The molecule has 18 heavy (non-hydrogen) atoms. The zero-order valence-corrected chi connectivity index (χ0v) is 12.1. The van der Waals surface area contributed by atoms with Crippen LogP contribution in [0.4, 0.5) is 0 Å². The lowest BCUT2D eigenvalue weighted by atomic mass is 10.1. The van der Waals surface area contributed by atoms with E-state index in [1.165, 1.54) is 5.56 Å². The molecule has 4 heteroatoms. The van der Waals surface area contributed by atoms with Crippen LogP contribution < -0.4 is 17.0 Å². The molecule has 0 radical (unpaired) electrons. The number of aromatic nitrogens is 1. The fraction of sp³-hybridized carbons (Fsp3) is 0.571. The first-order chi connectivity index (χ1) is 8.11. The molecule has 0 atom stereocenters.